The SMILES string of the molecule is Cc1c(C(C)NC(=O)Cn2c3ccccc3c(=O)c3ccccc32)cnn1C. The van der Waals surface area contributed by atoms with Crippen molar-refractivity contribution in [3.63, 3.8) is 0 Å². The summed E-state index contributed by atoms with van der Waals surface area (Å²) in [6.45, 7) is 4.06. The maximum absolute atomic E-state index is 12.8. The van der Waals surface area contributed by atoms with Crippen molar-refractivity contribution >= 4 is 27.7 Å². The normalized spacial score (nSPS) is 12.4. The lowest BCUT2D eigenvalue weighted by Gasteiger charge is -2.18. The van der Waals surface area contributed by atoms with Crippen molar-refractivity contribution in [2.45, 2.75) is 26.4 Å². The number of aromatic nitrogens is 3. The summed E-state index contributed by atoms with van der Waals surface area (Å²) in [5.41, 5.74) is 3.51. The smallest absolute Gasteiger partial charge is 0.240 e. The molecule has 1 N–H and O–H groups in total. The fourth-order valence-corrected chi connectivity index (χ4v) is 3.70. The molecule has 0 spiro atoms. The summed E-state index contributed by atoms with van der Waals surface area (Å²) in [4.78, 5) is 25.7. The zero-order chi connectivity index (χ0) is 19.8. The van der Waals surface area contributed by atoms with E-state index in [2.05, 4.69) is 10.4 Å². The Morgan fingerprint density at radius 1 is 1.07 bits per heavy atom. The first kappa shape index (κ1) is 18.0. The van der Waals surface area contributed by atoms with Crippen molar-refractivity contribution in [2.24, 2.45) is 7.05 Å². The Bertz CT molecular complexity index is 1190. The molecule has 1 amide bonds. The van der Waals surface area contributed by atoms with Gasteiger partial charge in [-0.05, 0) is 38.1 Å². The summed E-state index contributed by atoms with van der Waals surface area (Å²) < 4.78 is 3.70. The van der Waals surface area contributed by atoms with Crippen molar-refractivity contribution in [1.29, 1.82) is 0 Å². The molecule has 1 unspecified atom stereocenters. The van der Waals surface area contributed by atoms with Gasteiger partial charge in [0.25, 0.3) is 0 Å². The van der Waals surface area contributed by atoms with E-state index in [0.29, 0.717) is 10.8 Å². The van der Waals surface area contributed by atoms with Gasteiger partial charge in [0, 0.05) is 29.1 Å². The van der Waals surface area contributed by atoms with E-state index in [4.69, 9.17) is 0 Å². The molecular formula is C22H22N4O2. The zero-order valence-electron chi connectivity index (χ0n) is 16.1. The largest absolute Gasteiger partial charge is 0.348 e. The van der Waals surface area contributed by atoms with Gasteiger partial charge in [0.15, 0.2) is 5.43 Å². The fourth-order valence-electron chi connectivity index (χ4n) is 3.70. The van der Waals surface area contributed by atoms with Gasteiger partial charge in [-0.2, -0.15) is 5.10 Å². The van der Waals surface area contributed by atoms with E-state index in [0.717, 1.165) is 22.3 Å². The molecule has 6 nitrogen and oxygen atoms in total. The highest BCUT2D eigenvalue weighted by Crippen LogP contribution is 2.20. The maximum Gasteiger partial charge on any atom is 0.240 e. The summed E-state index contributed by atoms with van der Waals surface area (Å²) in [5.74, 6) is -0.116. The summed E-state index contributed by atoms with van der Waals surface area (Å²) in [6.07, 6.45) is 1.78. The van der Waals surface area contributed by atoms with E-state index in [9.17, 15) is 9.59 Å². The number of amides is 1. The zero-order valence-corrected chi connectivity index (χ0v) is 16.1. The minimum Gasteiger partial charge on any atom is -0.348 e. The molecule has 2 aromatic carbocycles. The van der Waals surface area contributed by atoms with Gasteiger partial charge in [0.1, 0.15) is 6.54 Å². The van der Waals surface area contributed by atoms with Crippen LogP contribution in [0.1, 0.15) is 24.2 Å². The molecule has 0 saturated heterocycles. The number of benzene rings is 2. The van der Waals surface area contributed by atoms with Crippen LogP contribution in [0.25, 0.3) is 21.8 Å². The Hall–Kier alpha value is -3.41. The summed E-state index contributed by atoms with van der Waals surface area (Å²) in [5, 5.41) is 8.53. The molecule has 1 atom stereocenters. The number of fused-ring (bicyclic) bond motifs is 2. The standard InChI is InChI=1S/C22H22N4O2/c1-14(18-12-23-25(3)15(18)2)24-21(27)13-26-19-10-6-4-8-16(19)22(28)17-9-5-7-11-20(17)26/h4-12,14H,13H2,1-3H3,(H,24,27). The molecule has 2 heterocycles. The predicted octanol–water partition coefficient (Wildman–Crippen LogP) is 3.07. The second-order valence-electron chi connectivity index (χ2n) is 7.05. The Balaban J connectivity index is 1.72. The van der Waals surface area contributed by atoms with Crippen molar-refractivity contribution in [3.05, 3.63) is 76.2 Å². The van der Waals surface area contributed by atoms with Gasteiger partial charge in [-0.1, -0.05) is 24.3 Å². The van der Waals surface area contributed by atoms with E-state index in [1.54, 1.807) is 23.0 Å². The average Bonchev–Trinajstić information content (AvgIpc) is 3.04. The molecule has 28 heavy (non-hydrogen) atoms. The number of hydrogen-bond acceptors (Lipinski definition) is 3. The molecule has 4 rings (SSSR count). The lowest BCUT2D eigenvalue weighted by Crippen LogP contribution is -2.31. The third kappa shape index (κ3) is 2.97. The topological polar surface area (TPSA) is 68.9 Å². The van der Waals surface area contributed by atoms with Crippen molar-refractivity contribution in [3.8, 4) is 0 Å². The molecule has 142 valence electrons. The van der Waals surface area contributed by atoms with E-state index in [1.165, 1.54) is 0 Å². The Labute approximate surface area is 162 Å². The minimum atomic E-state index is -0.155. The second-order valence-corrected chi connectivity index (χ2v) is 7.05. The molecule has 2 aromatic heterocycles. The third-order valence-corrected chi connectivity index (χ3v) is 5.30. The number of aryl methyl sites for hydroxylation is 1. The lowest BCUT2D eigenvalue weighted by molar-refractivity contribution is -0.122. The summed E-state index contributed by atoms with van der Waals surface area (Å²) in [6, 6.07) is 14.7. The number of carbonyl (C=O) groups excluding carboxylic acids is 1. The first-order valence-corrected chi connectivity index (χ1v) is 9.25. The Morgan fingerprint density at radius 2 is 1.64 bits per heavy atom. The monoisotopic (exact) mass is 374 g/mol. The number of nitrogens with one attached hydrogen (secondary N) is 1. The van der Waals surface area contributed by atoms with Crippen molar-refractivity contribution in [1.82, 2.24) is 19.7 Å². The average molecular weight is 374 g/mol. The molecule has 0 saturated carbocycles. The molecule has 0 fully saturated rings. The maximum atomic E-state index is 12.8. The van der Waals surface area contributed by atoms with Gasteiger partial charge in [0.05, 0.1) is 23.3 Å². The number of nitrogens with zero attached hydrogens (tertiary/aromatic N) is 3. The van der Waals surface area contributed by atoms with Crippen molar-refractivity contribution in [2.75, 3.05) is 0 Å². The number of para-hydroxylation sites is 2. The van der Waals surface area contributed by atoms with Gasteiger partial charge < -0.3 is 9.88 Å². The van der Waals surface area contributed by atoms with Crippen LogP contribution in [-0.4, -0.2) is 20.3 Å². The van der Waals surface area contributed by atoms with E-state index >= 15 is 0 Å². The second kappa shape index (κ2) is 6.96. The van der Waals surface area contributed by atoms with Crippen LogP contribution in [0.15, 0.2) is 59.5 Å². The van der Waals surface area contributed by atoms with Gasteiger partial charge in [0.2, 0.25) is 5.91 Å². The van der Waals surface area contributed by atoms with Crippen LogP contribution < -0.4 is 10.7 Å². The molecule has 0 radical (unpaired) electrons. The van der Waals surface area contributed by atoms with Crippen LogP contribution in [0.4, 0.5) is 0 Å². The Morgan fingerprint density at radius 3 is 2.18 bits per heavy atom. The number of pyridine rings is 1. The van der Waals surface area contributed by atoms with Gasteiger partial charge >= 0.3 is 0 Å². The van der Waals surface area contributed by atoms with Crippen LogP contribution in [0, 0.1) is 6.92 Å². The van der Waals surface area contributed by atoms with Crippen LogP contribution in [0.3, 0.4) is 0 Å². The fraction of sp³-hybridized carbons (Fsp3) is 0.227. The molecule has 0 aliphatic rings. The highest BCUT2D eigenvalue weighted by molar-refractivity contribution is 5.94. The lowest BCUT2D eigenvalue weighted by atomic mass is 10.1. The van der Waals surface area contributed by atoms with Gasteiger partial charge in [-0.15, -0.1) is 0 Å². The highest BCUT2D eigenvalue weighted by Gasteiger charge is 2.17. The van der Waals surface area contributed by atoms with Gasteiger partial charge in [-0.3, -0.25) is 14.3 Å². The van der Waals surface area contributed by atoms with E-state index in [1.807, 2.05) is 61.9 Å². The quantitative estimate of drug-likeness (QED) is 0.558. The van der Waals surface area contributed by atoms with Gasteiger partial charge in [-0.25, -0.2) is 0 Å². The van der Waals surface area contributed by atoms with Crippen LogP contribution in [0.5, 0.6) is 0 Å². The van der Waals surface area contributed by atoms with Crippen molar-refractivity contribution < 1.29 is 4.79 Å². The van der Waals surface area contributed by atoms with E-state index < -0.39 is 0 Å². The molecular weight excluding hydrogens is 352 g/mol. The third-order valence-electron chi connectivity index (χ3n) is 5.30. The predicted molar refractivity (Wildman–Crippen MR) is 110 cm³/mol. The molecule has 0 aliphatic heterocycles. The summed E-state index contributed by atoms with van der Waals surface area (Å²) >= 11 is 0. The minimum absolute atomic E-state index is 0.0118. The van der Waals surface area contributed by atoms with Crippen LogP contribution >= 0.6 is 0 Å². The summed E-state index contributed by atoms with van der Waals surface area (Å²) in [7, 11) is 1.88. The molecule has 0 bridgehead atoms. The number of rotatable bonds is 4. The number of hydrogen-bond donors (Lipinski definition) is 1. The van der Waals surface area contributed by atoms with E-state index in [-0.39, 0.29) is 23.9 Å². The van der Waals surface area contributed by atoms with Crippen LogP contribution in [0.2, 0.25) is 0 Å². The molecule has 0 aliphatic carbocycles. The first-order chi connectivity index (χ1) is 13.5. The van der Waals surface area contributed by atoms with Crippen LogP contribution in [-0.2, 0) is 18.4 Å². The Kier molecular flexibility index (Phi) is 4.47. The number of carbonyl (C=O) groups is 1. The highest BCUT2D eigenvalue weighted by atomic mass is 16.2. The molecule has 6 heteroatoms. The molecule has 4 aromatic rings. The first-order valence-electron chi connectivity index (χ1n) is 9.25.